The predicted octanol–water partition coefficient (Wildman–Crippen LogP) is 3.67. The number of nitrogens with one attached hydrogen (secondary N) is 1. The van der Waals surface area contributed by atoms with Gasteiger partial charge in [-0.1, -0.05) is 36.4 Å². The summed E-state index contributed by atoms with van der Waals surface area (Å²) in [5, 5.41) is 0. The number of hydrogen-bond acceptors (Lipinski definition) is 4. The van der Waals surface area contributed by atoms with Gasteiger partial charge in [-0.2, -0.15) is 0 Å². The summed E-state index contributed by atoms with van der Waals surface area (Å²) in [5.74, 6) is -0.687. The monoisotopic (exact) mass is 377 g/mol. The molecule has 0 aliphatic heterocycles. The molecule has 3 aromatic rings. The topological polar surface area (TPSA) is 75.3 Å². The second kappa shape index (κ2) is 8.08. The minimum atomic E-state index is -0.461. The Morgan fingerprint density at radius 2 is 1.75 bits per heavy atom. The van der Waals surface area contributed by atoms with Crippen LogP contribution in [0.2, 0.25) is 0 Å². The van der Waals surface area contributed by atoms with E-state index in [0.717, 1.165) is 11.3 Å². The van der Waals surface area contributed by atoms with E-state index in [-0.39, 0.29) is 11.9 Å². The maximum Gasteiger partial charge on any atom is 0.339 e. The fourth-order valence-corrected chi connectivity index (χ4v) is 3.43. The number of aromatic amines is 1. The smallest absolute Gasteiger partial charge is 0.339 e. The number of rotatable bonds is 5. The first-order valence-electron chi connectivity index (χ1n) is 8.96. The van der Waals surface area contributed by atoms with E-state index in [9.17, 15) is 9.59 Å². The molecule has 1 unspecified atom stereocenters. The van der Waals surface area contributed by atoms with Crippen LogP contribution in [0.4, 0.5) is 0 Å². The van der Waals surface area contributed by atoms with E-state index in [0.29, 0.717) is 22.5 Å². The number of H-pyrrole nitrogens is 1. The van der Waals surface area contributed by atoms with Crippen LogP contribution >= 0.6 is 0 Å². The molecule has 1 aromatic carbocycles. The summed E-state index contributed by atoms with van der Waals surface area (Å²) in [7, 11) is 3.07. The molecule has 0 radical (unpaired) electrons. The Morgan fingerprint density at radius 3 is 2.36 bits per heavy atom. The fraction of sp³-hybridized carbons (Fsp3) is 0.227. The van der Waals surface area contributed by atoms with Gasteiger partial charge in [0.05, 0.1) is 24.4 Å². The van der Waals surface area contributed by atoms with E-state index in [2.05, 4.69) is 9.97 Å². The maximum atomic E-state index is 13.3. The zero-order valence-electron chi connectivity index (χ0n) is 16.4. The van der Waals surface area contributed by atoms with Crippen LogP contribution in [0, 0.1) is 13.8 Å². The fourth-order valence-electron chi connectivity index (χ4n) is 3.43. The molecule has 28 heavy (non-hydrogen) atoms. The Bertz CT molecular complexity index is 942. The van der Waals surface area contributed by atoms with E-state index in [1.165, 1.54) is 7.11 Å². The van der Waals surface area contributed by atoms with Crippen molar-refractivity contribution in [2.75, 3.05) is 14.2 Å². The summed E-state index contributed by atoms with van der Waals surface area (Å²) in [6, 6.07) is 15.0. The third kappa shape index (κ3) is 3.53. The lowest BCUT2D eigenvalue weighted by atomic mass is 10.0. The zero-order chi connectivity index (χ0) is 20.3. The number of hydrogen-bond donors (Lipinski definition) is 1. The summed E-state index contributed by atoms with van der Waals surface area (Å²) in [5.41, 5.74) is 3.67. The molecule has 3 rings (SSSR count). The number of aryl methyl sites for hydroxylation is 1. The summed E-state index contributed by atoms with van der Waals surface area (Å²) < 4.78 is 4.84. The lowest BCUT2D eigenvalue weighted by Gasteiger charge is -2.28. The van der Waals surface area contributed by atoms with Gasteiger partial charge in [-0.05, 0) is 37.1 Å². The normalized spacial score (nSPS) is 11.7. The van der Waals surface area contributed by atoms with Gasteiger partial charge in [0.2, 0.25) is 0 Å². The molecule has 144 valence electrons. The number of ether oxygens (including phenoxy) is 1. The van der Waals surface area contributed by atoms with Crippen molar-refractivity contribution in [1.82, 2.24) is 14.9 Å². The van der Waals surface area contributed by atoms with Crippen molar-refractivity contribution in [3.63, 3.8) is 0 Å². The number of methoxy groups -OCH3 is 1. The number of nitrogens with zero attached hydrogens (tertiary/aromatic N) is 2. The summed E-state index contributed by atoms with van der Waals surface area (Å²) in [4.78, 5) is 34.6. The molecule has 2 aromatic heterocycles. The molecule has 6 heteroatoms. The van der Waals surface area contributed by atoms with Gasteiger partial charge < -0.3 is 14.6 Å². The molecule has 0 bridgehead atoms. The van der Waals surface area contributed by atoms with Crippen LogP contribution in [0.5, 0.6) is 0 Å². The maximum absolute atomic E-state index is 13.3. The first-order chi connectivity index (χ1) is 13.5. The van der Waals surface area contributed by atoms with Gasteiger partial charge in [0.25, 0.3) is 5.91 Å². The number of carbonyl (C=O) groups excluding carboxylic acids is 2. The Labute approximate surface area is 164 Å². The number of esters is 1. The van der Waals surface area contributed by atoms with Gasteiger partial charge in [0, 0.05) is 18.9 Å². The molecule has 0 saturated carbocycles. The van der Waals surface area contributed by atoms with Crippen LogP contribution in [-0.4, -0.2) is 40.9 Å². The Balaban J connectivity index is 2.04. The van der Waals surface area contributed by atoms with Gasteiger partial charge in [-0.15, -0.1) is 0 Å². The van der Waals surface area contributed by atoms with Gasteiger partial charge in [-0.3, -0.25) is 9.78 Å². The highest BCUT2D eigenvalue weighted by Gasteiger charge is 2.29. The molecule has 1 N–H and O–H groups in total. The van der Waals surface area contributed by atoms with Crippen molar-refractivity contribution in [1.29, 1.82) is 0 Å². The van der Waals surface area contributed by atoms with E-state index in [1.54, 1.807) is 32.0 Å². The van der Waals surface area contributed by atoms with E-state index in [4.69, 9.17) is 4.74 Å². The molecule has 2 heterocycles. The van der Waals surface area contributed by atoms with Crippen molar-refractivity contribution in [2.45, 2.75) is 19.9 Å². The van der Waals surface area contributed by atoms with Crippen LogP contribution in [0.1, 0.15) is 49.4 Å². The molecule has 6 nitrogen and oxygen atoms in total. The Kier molecular flexibility index (Phi) is 5.59. The van der Waals surface area contributed by atoms with Crippen LogP contribution in [0.3, 0.4) is 0 Å². The quantitative estimate of drug-likeness (QED) is 0.689. The summed E-state index contributed by atoms with van der Waals surface area (Å²) in [6.07, 6.45) is 1.71. The average molecular weight is 377 g/mol. The molecule has 0 saturated heterocycles. The summed E-state index contributed by atoms with van der Waals surface area (Å²) in [6.45, 7) is 3.50. The van der Waals surface area contributed by atoms with Crippen molar-refractivity contribution >= 4 is 11.9 Å². The first-order valence-corrected chi connectivity index (χ1v) is 8.96. The largest absolute Gasteiger partial charge is 0.465 e. The summed E-state index contributed by atoms with van der Waals surface area (Å²) >= 11 is 0. The number of aromatic nitrogens is 2. The highest BCUT2D eigenvalue weighted by atomic mass is 16.5. The molecular formula is C22H23N3O3. The predicted molar refractivity (Wildman–Crippen MR) is 106 cm³/mol. The van der Waals surface area contributed by atoms with Crippen molar-refractivity contribution in [2.24, 2.45) is 0 Å². The molecule has 0 aliphatic rings. The van der Waals surface area contributed by atoms with Crippen molar-refractivity contribution < 1.29 is 14.3 Å². The van der Waals surface area contributed by atoms with Crippen molar-refractivity contribution in [3.05, 3.63) is 88.5 Å². The van der Waals surface area contributed by atoms with E-state index in [1.807, 2.05) is 48.5 Å². The van der Waals surface area contributed by atoms with Gasteiger partial charge in [-0.25, -0.2) is 4.79 Å². The van der Waals surface area contributed by atoms with Crippen molar-refractivity contribution in [3.8, 4) is 0 Å². The number of pyridine rings is 1. The lowest BCUT2D eigenvalue weighted by molar-refractivity contribution is 0.0599. The first kappa shape index (κ1) is 19.4. The Hall–Kier alpha value is -3.41. The van der Waals surface area contributed by atoms with Crippen LogP contribution in [0.15, 0.2) is 54.7 Å². The minimum Gasteiger partial charge on any atom is -0.465 e. The van der Waals surface area contributed by atoms with Gasteiger partial charge >= 0.3 is 5.97 Å². The molecule has 0 spiro atoms. The Morgan fingerprint density at radius 1 is 1.07 bits per heavy atom. The SMILES string of the molecule is COC(=O)c1c(C)[nH]c(C(=O)N(C)C(c2ccccc2)c2ccccn2)c1C. The highest BCUT2D eigenvalue weighted by Crippen LogP contribution is 2.29. The zero-order valence-corrected chi connectivity index (χ0v) is 16.4. The highest BCUT2D eigenvalue weighted by molar-refractivity contribution is 6.00. The van der Waals surface area contributed by atoms with Gasteiger partial charge in [0.1, 0.15) is 5.69 Å². The van der Waals surface area contributed by atoms with E-state index >= 15 is 0 Å². The number of carbonyl (C=O) groups is 2. The van der Waals surface area contributed by atoms with Crippen LogP contribution < -0.4 is 0 Å². The molecular weight excluding hydrogens is 354 g/mol. The third-order valence-corrected chi connectivity index (χ3v) is 4.83. The average Bonchev–Trinajstić information content (AvgIpc) is 3.02. The van der Waals surface area contributed by atoms with Crippen LogP contribution in [0.25, 0.3) is 0 Å². The minimum absolute atomic E-state index is 0.227. The molecule has 1 atom stereocenters. The van der Waals surface area contributed by atoms with Gasteiger partial charge in [0.15, 0.2) is 0 Å². The molecule has 1 amide bonds. The number of amides is 1. The molecule has 0 fully saturated rings. The lowest BCUT2D eigenvalue weighted by Crippen LogP contribution is -2.33. The molecule has 0 aliphatic carbocycles. The standard InChI is InChI=1S/C22H23N3O3/c1-14-18(22(27)28-4)15(2)24-19(14)21(26)25(3)20(16-10-6-5-7-11-16)17-12-8-9-13-23-17/h5-13,20,24H,1-4H3. The second-order valence-corrected chi connectivity index (χ2v) is 6.60. The third-order valence-electron chi connectivity index (χ3n) is 4.83. The van der Waals surface area contributed by atoms with E-state index < -0.39 is 5.97 Å². The number of benzene rings is 1. The second-order valence-electron chi connectivity index (χ2n) is 6.60. The van der Waals surface area contributed by atoms with Crippen LogP contribution in [-0.2, 0) is 4.74 Å².